The number of pyridine rings is 3. The largest absolute Gasteiger partial charge is 0.354 e. The van der Waals surface area contributed by atoms with Crippen molar-refractivity contribution >= 4 is 22.5 Å². The average molecular weight is 425 g/mol. The molecule has 0 spiro atoms. The van der Waals surface area contributed by atoms with Crippen LogP contribution in [0.5, 0.6) is 0 Å². The van der Waals surface area contributed by atoms with Crippen LogP contribution in [-0.4, -0.2) is 68.8 Å². The second-order valence-corrected chi connectivity index (χ2v) is 7.98. The van der Waals surface area contributed by atoms with E-state index in [-0.39, 0.29) is 12.2 Å². The Bertz CT molecular complexity index is 1250. The lowest BCUT2D eigenvalue weighted by molar-refractivity contribution is 0.0992. The molecule has 0 aliphatic carbocycles. The third kappa shape index (κ3) is 4.31. The van der Waals surface area contributed by atoms with Gasteiger partial charge in [0.2, 0.25) is 0 Å². The first kappa shape index (κ1) is 20.1. The van der Waals surface area contributed by atoms with Gasteiger partial charge < -0.3 is 9.80 Å². The number of aromatic nitrogens is 5. The van der Waals surface area contributed by atoms with Crippen molar-refractivity contribution in [2.45, 2.75) is 6.42 Å². The fraction of sp³-hybridized carbons (Fsp3) is 0.250. The number of Topliss-reactive ketones (excluding diaryl/α,β-unsaturated/α-hetero) is 1. The van der Waals surface area contributed by atoms with E-state index in [2.05, 4.69) is 41.8 Å². The first-order valence-corrected chi connectivity index (χ1v) is 10.6. The van der Waals surface area contributed by atoms with Crippen molar-refractivity contribution in [1.29, 1.82) is 0 Å². The molecule has 5 heterocycles. The van der Waals surface area contributed by atoms with Gasteiger partial charge in [0.15, 0.2) is 5.78 Å². The SMILES string of the molecule is CN1CCN(c2cc(C(=O)Cc3cc4cc(-c5cnccn5)cnc4cn3)ccn2)CC1. The lowest BCUT2D eigenvalue weighted by Crippen LogP contribution is -2.44. The molecule has 5 rings (SSSR count). The van der Waals surface area contributed by atoms with Crippen LogP contribution in [0.4, 0.5) is 5.82 Å². The maximum absolute atomic E-state index is 13.0. The van der Waals surface area contributed by atoms with Gasteiger partial charge in [0, 0.05) is 73.2 Å². The van der Waals surface area contributed by atoms with Crippen molar-refractivity contribution in [2.24, 2.45) is 0 Å². The first-order valence-electron chi connectivity index (χ1n) is 10.6. The maximum Gasteiger partial charge on any atom is 0.169 e. The van der Waals surface area contributed by atoms with E-state index >= 15 is 0 Å². The standard InChI is InChI=1S/C24H23N7O/c1-30-6-8-31(9-7-30)24-12-17(2-3-27-24)23(32)13-20-11-18-10-19(14-29-22(18)16-28-20)21-15-25-4-5-26-21/h2-5,10-12,14-16H,6-9,13H2,1H3. The van der Waals surface area contributed by atoms with Gasteiger partial charge in [-0.1, -0.05) is 0 Å². The molecule has 4 aromatic heterocycles. The zero-order valence-electron chi connectivity index (χ0n) is 17.8. The summed E-state index contributed by atoms with van der Waals surface area (Å²) in [5, 5.41) is 0.916. The summed E-state index contributed by atoms with van der Waals surface area (Å²) in [4.78, 5) is 39.4. The summed E-state index contributed by atoms with van der Waals surface area (Å²) in [6.07, 6.45) is 10.4. The van der Waals surface area contributed by atoms with Gasteiger partial charge in [-0.15, -0.1) is 0 Å². The zero-order chi connectivity index (χ0) is 21.9. The highest BCUT2D eigenvalue weighted by atomic mass is 16.1. The molecule has 8 nitrogen and oxygen atoms in total. The number of nitrogens with zero attached hydrogens (tertiary/aromatic N) is 7. The maximum atomic E-state index is 13.0. The summed E-state index contributed by atoms with van der Waals surface area (Å²) in [5.74, 6) is 0.876. The van der Waals surface area contributed by atoms with Crippen molar-refractivity contribution < 1.29 is 4.79 Å². The molecular formula is C24H23N7O. The Morgan fingerprint density at radius 1 is 0.906 bits per heavy atom. The van der Waals surface area contributed by atoms with Gasteiger partial charge in [0.05, 0.1) is 30.0 Å². The minimum absolute atomic E-state index is 0.0210. The van der Waals surface area contributed by atoms with Crippen molar-refractivity contribution in [3.05, 3.63) is 72.7 Å². The summed E-state index contributed by atoms with van der Waals surface area (Å²) in [7, 11) is 2.12. The number of carbonyl (C=O) groups is 1. The summed E-state index contributed by atoms with van der Waals surface area (Å²) in [6.45, 7) is 3.81. The molecule has 1 fully saturated rings. The molecule has 0 saturated carbocycles. The molecule has 1 saturated heterocycles. The zero-order valence-corrected chi connectivity index (χ0v) is 17.8. The van der Waals surface area contributed by atoms with E-state index in [1.807, 2.05) is 18.2 Å². The van der Waals surface area contributed by atoms with Crippen LogP contribution in [0.1, 0.15) is 16.1 Å². The van der Waals surface area contributed by atoms with E-state index in [4.69, 9.17) is 0 Å². The predicted octanol–water partition coefficient (Wildman–Crippen LogP) is 2.66. The van der Waals surface area contributed by atoms with Gasteiger partial charge in [-0.25, -0.2) is 4.98 Å². The topological polar surface area (TPSA) is 88.0 Å². The van der Waals surface area contributed by atoms with Gasteiger partial charge in [0.1, 0.15) is 5.82 Å². The highest BCUT2D eigenvalue weighted by molar-refractivity contribution is 5.98. The molecule has 1 aliphatic rings. The number of rotatable bonds is 5. The van der Waals surface area contributed by atoms with E-state index < -0.39 is 0 Å². The molecule has 0 N–H and O–H groups in total. The molecule has 0 atom stereocenters. The number of carbonyl (C=O) groups excluding carboxylic acids is 1. The van der Waals surface area contributed by atoms with Crippen LogP contribution in [0.15, 0.2) is 61.4 Å². The molecule has 4 aromatic rings. The van der Waals surface area contributed by atoms with Gasteiger partial charge in [0.25, 0.3) is 0 Å². The van der Waals surface area contributed by atoms with Crippen LogP contribution in [0, 0.1) is 0 Å². The molecular weight excluding hydrogens is 402 g/mol. The number of ketones is 1. The van der Waals surface area contributed by atoms with Crippen LogP contribution in [0.3, 0.4) is 0 Å². The quantitative estimate of drug-likeness (QED) is 0.451. The number of fused-ring (bicyclic) bond motifs is 1. The Hall–Kier alpha value is -3.78. The second kappa shape index (κ2) is 8.76. The Morgan fingerprint density at radius 3 is 2.59 bits per heavy atom. The number of anilines is 1. The number of likely N-dealkylation sites (N-methyl/N-ethyl adjacent to an activating group) is 1. The van der Waals surface area contributed by atoms with E-state index in [1.165, 1.54) is 0 Å². The van der Waals surface area contributed by atoms with Crippen molar-refractivity contribution in [3.8, 4) is 11.3 Å². The second-order valence-electron chi connectivity index (χ2n) is 7.98. The minimum atomic E-state index is 0.0210. The molecule has 0 bridgehead atoms. The predicted molar refractivity (Wildman–Crippen MR) is 123 cm³/mol. The Kier molecular flexibility index (Phi) is 5.51. The molecule has 160 valence electrons. The number of piperazine rings is 1. The van der Waals surface area contributed by atoms with Crippen LogP contribution in [-0.2, 0) is 6.42 Å². The molecule has 0 amide bonds. The summed E-state index contributed by atoms with van der Waals surface area (Å²) >= 11 is 0. The normalized spacial score (nSPS) is 14.6. The van der Waals surface area contributed by atoms with Gasteiger partial charge >= 0.3 is 0 Å². The van der Waals surface area contributed by atoms with Gasteiger partial charge in [-0.2, -0.15) is 0 Å². The van der Waals surface area contributed by atoms with E-state index in [9.17, 15) is 4.79 Å². The Morgan fingerprint density at radius 2 is 1.78 bits per heavy atom. The summed E-state index contributed by atoms with van der Waals surface area (Å²) in [5.41, 5.74) is 3.76. The molecule has 32 heavy (non-hydrogen) atoms. The molecule has 0 aromatic carbocycles. The van der Waals surface area contributed by atoms with Crippen LogP contribution >= 0.6 is 0 Å². The molecule has 1 aliphatic heterocycles. The minimum Gasteiger partial charge on any atom is -0.354 e. The van der Waals surface area contributed by atoms with Crippen LogP contribution in [0.2, 0.25) is 0 Å². The van der Waals surface area contributed by atoms with Crippen molar-refractivity contribution in [1.82, 2.24) is 29.8 Å². The first-order chi connectivity index (χ1) is 15.7. The highest BCUT2D eigenvalue weighted by Crippen LogP contribution is 2.21. The molecule has 8 heteroatoms. The lowest BCUT2D eigenvalue weighted by atomic mass is 10.1. The van der Waals surface area contributed by atoms with Crippen molar-refractivity contribution in [2.75, 3.05) is 38.1 Å². The van der Waals surface area contributed by atoms with Crippen molar-refractivity contribution in [3.63, 3.8) is 0 Å². The lowest BCUT2D eigenvalue weighted by Gasteiger charge is -2.33. The Labute approximate surface area is 186 Å². The van der Waals surface area contributed by atoms with Crippen LogP contribution in [0.25, 0.3) is 22.2 Å². The fourth-order valence-corrected chi connectivity index (χ4v) is 3.83. The van der Waals surface area contributed by atoms with E-state index in [1.54, 1.807) is 43.2 Å². The number of hydrogen-bond acceptors (Lipinski definition) is 8. The van der Waals surface area contributed by atoms with E-state index in [0.29, 0.717) is 11.3 Å². The fourth-order valence-electron chi connectivity index (χ4n) is 3.83. The summed E-state index contributed by atoms with van der Waals surface area (Å²) < 4.78 is 0. The smallest absolute Gasteiger partial charge is 0.169 e. The monoisotopic (exact) mass is 425 g/mol. The van der Waals surface area contributed by atoms with E-state index in [0.717, 1.165) is 54.2 Å². The highest BCUT2D eigenvalue weighted by Gasteiger charge is 2.17. The third-order valence-corrected chi connectivity index (χ3v) is 5.72. The van der Waals surface area contributed by atoms with Crippen LogP contribution < -0.4 is 4.90 Å². The Balaban J connectivity index is 1.36. The average Bonchev–Trinajstić information content (AvgIpc) is 2.84. The van der Waals surface area contributed by atoms with Gasteiger partial charge in [-0.3, -0.25) is 24.7 Å². The van der Waals surface area contributed by atoms with Gasteiger partial charge in [-0.05, 0) is 31.3 Å². The summed E-state index contributed by atoms with van der Waals surface area (Å²) in [6, 6.07) is 7.59. The molecule has 0 radical (unpaired) electrons. The molecule has 0 unspecified atom stereocenters. The number of hydrogen-bond donors (Lipinski definition) is 0. The third-order valence-electron chi connectivity index (χ3n) is 5.72.